The highest BCUT2D eigenvalue weighted by Crippen LogP contribution is 2.24. The predicted molar refractivity (Wildman–Crippen MR) is 63.6 cm³/mol. The molecule has 1 aromatic carbocycles. The summed E-state index contributed by atoms with van der Waals surface area (Å²) in [6.07, 6.45) is 6.14. The number of aromatic nitrogens is 3. The predicted octanol–water partition coefficient (Wildman–Crippen LogP) is 2.95. The molecule has 0 aliphatic heterocycles. The molecule has 1 heterocycles. The van der Waals surface area contributed by atoms with Crippen LogP contribution in [0.4, 0.5) is 0 Å². The monoisotopic (exact) mass is 233 g/mol. The topological polar surface area (TPSA) is 38.7 Å². The molecule has 0 radical (unpaired) electrons. The molecular formula is C12H12ClN3. The third kappa shape index (κ3) is 1.76. The van der Waals surface area contributed by atoms with Crippen LogP contribution in [-0.4, -0.2) is 15.2 Å². The molecule has 0 fully saturated rings. The third-order valence-corrected chi connectivity index (χ3v) is 3.30. The zero-order valence-electron chi connectivity index (χ0n) is 8.91. The molecule has 0 saturated carbocycles. The summed E-state index contributed by atoms with van der Waals surface area (Å²) in [5.74, 6) is 0. The van der Waals surface area contributed by atoms with E-state index < -0.39 is 0 Å². The molecule has 0 N–H and O–H groups in total. The molecule has 82 valence electrons. The maximum absolute atomic E-state index is 5.75. The zero-order valence-corrected chi connectivity index (χ0v) is 9.67. The molecule has 4 heteroatoms. The summed E-state index contributed by atoms with van der Waals surface area (Å²) in [4.78, 5) is 4.21. The van der Waals surface area contributed by atoms with E-state index in [9.17, 15) is 0 Å². The van der Waals surface area contributed by atoms with Gasteiger partial charge in [-0.25, -0.2) is 4.98 Å². The lowest BCUT2D eigenvalue weighted by Gasteiger charge is -2.06. The first-order valence-electron chi connectivity index (χ1n) is 5.65. The van der Waals surface area contributed by atoms with Crippen molar-refractivity contribution < 1.29 is 0 Å². The van der Waals surface area contributed by atoms with Gasteiger partial charge in [0.25, 0.3) is 0 Å². The van der Waals surface area contributed by atoms with E-state index in [0.29, 0.717) is 0 Å². The first kappa shape index (κ1) is 9.97. The molecule has 1 aromatic heterocycles. The van der Waals surface area contributed by atoms with Gasteiger partial charge in [0, 0.05) is 0 Å². The summed E-state index contributed by atoms with van der Waals surface area (Å²) in [5, 5.41) is 8.08. The van der Waals surface area contributed by atoms with Crippen LogP contribution >= 0.6 is 11.6 Å². The maximum atomic E-state index is 5.75. The third-order valence-electron chi connectivity index (χ3n) is 3.14. The molecule has 0 amide bonds. The molecule has 0 bridgehead atoms. The van der Waals surface area contributed by atoms with Crippen LogP contribution in [0.1, 0.15) is 30.4 Å². The summed E-state index contributed by atoms with van der Waals surface area (Å²) >= 11 is 5.75. The van der Waals surface area contributed by atoms with Gasteiger partial charge in [0.05, 0.1) is 5.52 Å². The standard InChI is InChI=1S/C12H12ClN3/c13-12-14-10-6-8-4-2-1-3-5-9(8)7-11(10)15-16-12/h6-7H,1-5H2. The van der Waals surface area contributed by atoms with Crippen molar-refractivity contribution in [2.45, 2.75) is 32.1 Å². The van der Waals surface area contributed by atoms with Gasteiger partial charge in [-0.15, -0.1) is 10.2 Å². The lowest BCUT2D eigenvalue weighted by Crippen LogP contribution is -1.96. The van der Waals surface area contributed by atoms with E-state index in [4.69, 9.17) is 11.6 Å². The molecular weight excluding hydrogens is 222 g/mol. The van der Waals surface area contributed by atoms with Crippen molar-refractivity contribution in [3.63, 3.8) is 0 Å². The Balaban J connectivity index is 2.20. The fourth-order valence-electron chi connectivity index (χ4n) is 2.32. The highest BCUT2D eigenvalue weighted by molar-refractivity contribution is 6.28. The number of hydrogen-bond acceptors (Lipinski definition) is 3. The van der Waals surface area contributed by atoms with Crippen LogP contribution in [-0.2, 0) is 12.8 Å². The second kappa shape index (κ2) is 3.98. The SMILES string of the molecule is Clc1nnc2cc3c(cc2n1)CCCCC3. The van der Waals surface area contributed by atoms with Gasteiger partial charge in [-0.2, -0.15) is 0 Å². The van der Waals surface area contributed by atoms with Crippen molar-refractivity contribution in [3.05, 3.63) is 28.5 Å². The Morgan fingerprint density at radius 2 is 1.56 bits per heavy atom. The number of halogens is 1. The van der Waals surface area contributed by atoms with Gasteiger partial charge >= 0.3 is 0 Å². The summed E-state index contributed by atoms with van der Waals surface area (Å²) in [6.45, 7) is 0. The van der Waals surface area contributed by atoms with Gasteiger partial charge in [0.2, 0.25) is 5.28 Å². The Morgan fingerprint density at radius 1 is 0.875 bits per heavy atom. The zero-order chi connectivity index (χ0) is 11.0. The van der Waals surface area contributed by atoms with E-state index in [1.807, 2.05) is 0 Å². The second-order valence-electron chi connectivity index (χ2n) is 4.25. The highest BCUT2D eigenvalue weighted by Gasteiger charge is 2.10. The summed E-state index contributed by atoms with van der Waals surface area (Å²) in [7, 11) is 0. The van der Waals surface area contributed by atoms with Gasteiger partial charge in [-0.1, -0.05) is 6.42 Å². The van der Waals surface area contributed by atoms with E-state index in [1.165, 1.54) is 30.4 Å². The maximum Gasteiger partial charge on any atom is 0.243 e. The number of benzene rings is 1. The van der Waals surface area contributed by atoms with Crippen LogP contribution in [0.3, 0.4) is 0 Å². The Hall–Kier alpha value is -1.22. The molecule has 1 aliphatic rings. The fourth-order valence-corrected chi connectivity index (χ4v) is 2.45. The van der Waals surface area contributed by atoms with Crippen molar-refractivity contribution >= 4 is 22.6 Å². The van der Waals surface area contributed by atoms with Gasteiger partial charge in [0.15, 0.2) is 0 Å². The summed E-state index contributed by atoms with van der Waals surface area (Å²) in [5.41, 5.74) is 4.52. The molecule has 3 rings (SSSR count). The Kier molecular flexibility index (Phi) is 2.48. The van der Waals surface area contributed by atoms with Crippen LogP contribution in [0.15, 0.2) is 12.1 Å². The summed E-state index contributed by atoms with van der Waals surface area (Å²) in [6, 6.07) is 4.24. The number of aryl methyl sites for hydroxylation is 2. The second-order valence-corrected chi connectivity index (χ2v) is 4.59. The first-order valence-corrected chi connectivity index (χ1v) is 6.02. The van der Waals surface area contributed by atoms with Crippen LogP contribution < -0.4 is 0 Å². The van der Waals surface area contributed by atoms with Gasteiger partial charge in [-0.05, 0) is 60.5 Å². The minimum atomic E-state index is 0.223. The van der Waals surface area contributed by atoms with E-state index >= 15 is 0 Å². The smallest absolute Gasteiger partial charge is 0.215 e. The molecule has 2 aromatic rings. The highest BCUT2D eigenvalue weighted by atomic mass is 35.5. The molecule has 3 nitrogen and oxygen atoms in total. The largest absolute Gasteiger partial charge is 0.243 e. The van der Waals surface area contributed by atoms with Crippen molar-refractivity contribution in [1.82, 2.24) is 15.2 Å². The number of fused-ring (bicyclic) bond motifs is 2. The molecule has 16 heavy (non-hydrogen) atoms. The normalized spacial score (nSPS) is 15.8. The lowest BCUT2D eigenvalue weighted by molar-refractivity contribution is 0.712. The van der Waals surface area contributed by atoms with Crippen molar-refractivity contribution in [2.75, 3.05) is 0 Å². The van der Waals surface area contributed by atoms with Crippen LogP contribution in [0.5, 0.6) is 0 Å². The van der Waals surface area contributed by atoms with Gasteiger partial charge < -0.3 is 0 Å². The average molecular weight is 234 g/mol. The number of nitrogens with zero attached hydrogens (tertiary/aromatic N) is 3. The molecule has 0 unspecified atom stereocenters. The number of rotatable bonds is 0. The quantitative estimate of drug-likeness (QED) is 0.657. The van der Waals surface area contributed by atoms with Crippen LogP contribution in [0.25, 0.3) is 11.0 Å². The molecule has 0 atom stereocenters. The minimum Gasteiger partial charge on any atom is -0.215 e. The van der Waals surface area contributed by atoms with Crippen molar-refractivity contribution in [3.8, 4) is 0 Å². The average Bonchev–Trinajstić information content (AvgIpc) is 2.50. The molecule has 0 saturated heterocycles. The van der Waals surface area contributed by atoms with E-state index in [0.717, 1.165) is 23.9 Å². The van der Waals surface area contributed by atoms with E-state index in [-0.39, 0.29) is 5.28 Å². The van der Waals surface area contributed by atoms with E-state index in [1.54, 1.807) is 0 Å². The van der Waals surface area contributed by atoms with Gasteiger partial charge in [-0.3, -0.25) is 0 Å². The Bertz CT molecular complexity index is 539. The van der Waals surface area contributed by atoms with Crippen molar-refractivity contribution in [1.29, 1.82) is 0 Å². The minimum absolute atomic E-state index is 0.223. The van der Waals surface area contributed by atoms with Crippen molar-refractivity contribution in [2.24, 2.45) is 0 Å². The molecule has 0 spiro atoms. The summed E-state index contributed by atoms with van der Waals surface area (Å²) < 4.78 is 0. The number of hydrogen-bond donors (Lipinski definition) is 0. The van der Waals surface area contributed by atoms with Crippen LogP contribution in [0.2, 0.25) is 5.28 Å². The first-order chi connectivity index (χ1) is 7.83. The Labute approximate surface area is 98.9 Å². The lowest BCUT2D eigenvalue weighted by atomic mass is 10.0. The van der Waals surface area contributed by atoms with Crippen LogP contribution in [0, 0.1) is 0 Å². The molecule has 1 aliphatic carbocycles. The fraction of sp³-hybridized carbons (Fsp3) is 0.417. The van der Waals surface area contributed by atoms with Gasteiger partial charge in [0.1, 0.15) is 5.52 Å². The Morgan fingerprint density at radius 3 is 2.31 bits per heavy atom. The van der Waals surface area contributed by atoms with E-state index in [2.05, 4.69) is 27.3 Å².